The van der Waals surface area contributed by atoms with Gasteiger partial charge in [0.05, 0.1) is 13.1 Å². The van der Waals surface area contributed by atoms with Crippen LogP contribution in [0.2, 0.25) is 0 Å². The number of rotatable bonds is 5. The van der Waals surface area contributed by atoms with Crippen LogP contribution in [0, 0.1) is 12.7 Å². The quantitative estimate of drug-likeness (QED) is 0.402. The van der Waals surface area contributed by atoms with Crippen LogP contribution in [-0.2, 0) is 11.3 Å². The molecule has 0 atom stereocenters. The Morgan fingerprint density at radius 2 is 1.96 bits per heavy atom. The van der Waals surface area contributed by atoms with E-state index in [9.17, 15) is 9.18 Å². The predicted octanol–water partition coefficient (Wildman–Crippen LogP) is 2.82. The highest BCUT2D eigenvalue weighted by Gasteiger charge is 2.16. The Balaban J connectivity index is 0.00000312. The summed E-state index contributed by atoms with van der Waals surface area (Å²) in [5.74, 6) is 0.450. The van der Waals surface area contributed by atoms with Gasteiger partial charge in [-0.3, -0.25) is 4.79 Å². The van der Waals surface area contributed by atoms with Gasteiger partial charge in [0, 0.05) is 19.6 Å². The van der Waals surface area contributed by atoms with E-state index >= 15 is 0 Å². The molecule has 0 saturated carbocycles. The Hall–Kier alpha value is -1.38. The zero-order valence-electron chi connectivity index (χ0n) is 15.0. The number of aliphatic imine (C=N–C) groups is 1. The van der Waals surface area contributed by atoms with Gasteiger partial charge in [-0.15, -0.1) is 24.0 Å². The molecule has 0 aromatic heterocycles. The Bertz CT molecular complexity index is 588. The summed E-state index contributed by atoms with van der Waals surface area (Å²) in [4.78, 5) is 18.5. The van der Waals surface area contributed by atoms with Gasteiger partial charge in [-0.25, -0.2) is 9.38 Å². The molecule has 1 fully saturated rings. The molecule has 1 heterocycles. The lowest BCUT2D eigenvalue weighted by atomic mass is 10.1. The van der Waals surface area contributed by atoms with E-state index in [1.54, 1.807) is 13.0 Å². The SMILES string of the molecule is CCNC(=NCc1ccc(C)c(F)c1)NCC(=O)N1CCCCC1.I. The number of aryl methyl sites for hydroxylation is 1. The van der Waals surface area contributed by atoms with E-state index in [0.29, 0.717) is 24.6 Å². The van der Waals surface area contributed by atoms with Gasteiger partial charge in [-0.1, -0.05) is 12.1 Å². The van der Waals surface area contributed by atoms with Gasteiger partial charge in [0.25, 0.3) is 0 Å². The molecule has 0 bridgehead atoms. The second kappa shape index (κ2) is 11.3. The highest BCUT2D eigenvalue weighted by atomic mass is 127. The van der Waals surface area contributed by atoms with Crippen LogP contribution < -0.4 is 10.6 Å². The van der Waals surface area contributed by atoms with Crippen molar-refractivity contribution in [1.29, 1.82) is 0 Å². The lowest BCUT2D eigenvalue weighted by Gasteiger charge is -2.27. The fraction of sp³-hybridized carbons (Fsp3) is 0.556. The van der Waals surface area contributed by atoms with Gasteiger partial charge < -0.3 is 15.5 Å². The lowest BCUT2D eigenvalue weighted by molar-refractivity contribution is -0.130. The van der Waals surface area contributed by atoms with Crippen molar-refractivity contribution in [2.75, 3.05) is 26.2 Å². The normalized spacial score (nSPS) is 14.7. The molecule has 0 spiro atoms. The second-order valence-electron chi connectivity index (χ2n) is 6.07. The van der Waals surface area contributed by atoms with Gasteiger partial charge in [-0.2, -0.15) is 0 Å². The number of piperidine rings is 1. The zero-order chi connectivity index (χ0) is 17.4. The maximum absolute atomic E-state index is 13.6. The van der Waals surface area contributed by atoms with E-state index < -0.39 is 0 Å². The summed E-state index contributed by atoms with van der Waals surface area (Å²) in [5, 5.41) is 6.18. The first-order valence-corrected chi connectivity index (χ1v) is 8.65. The molecule has 25 heavy (non-hydrogen) atoms. The zero-order valence-corrected chi connectivity index (χ0v) is 17.3. The summed E-state index contributed by atoms with van der Waals surface area (Å²) in [6, 6.07) is 5.12. The maximum atomic E-state index is 13.6. The van der Waals surface area contributed by atoms with Crippen molar-refractivity contribution in [2.24, 2.45) is 4.99 Å². The number of likely N-dealkylation sites (tertiary alicyclic amines) is 1. The molecule has 1 aliphatic heterocycles. The molecule has 2 N–H and O–H groups in total. The van der Waals surface area contributed by atoms with Crippen LogP contribution in [0.3, 0.4) is 0 Å². The third kappa shape index (κ3) is 7.17. The fourth-order valence-corrected chi connectivity index (χ4v) is 2.66. The summed E-state index contributed by atoms with van der Waals surface area (Å²) in [7, 11) is 0. The van der Waals surface area contributed by atoms with Crippen LogP contribution in [0.15, 0.2) is 23.2 Å². The summed E-state index contributed by atoms with van der Waals surface area (Å²) in [6.07, 6.45) is 3.37. The second-order valence-corrected chi connectivity index (χ2v) is 6.07. The van der Waals surface area contributed by atoms with Gasteiger partial charge in [0.15, 0.2) is 5.96 Å². The number of benzene rings is 1. The largest absolute Gasteiger partial charge is 0.357 e. The molecule has 1 aromatic carbocycles. The van der Waals surface area contributed by atoms with Crippen molar-refractivity contribution in [3.8, 4) is 0 Å². The Morgan fingerprint density at radius 1 is 1.24 bits per heavy atom. The van der Waals surface area contributed by atoms with Crippen LogP contribution in [0.5, 0.6) is 0 Å². The van der Waals surface area contributed by atoms with E-state index in [0.717, 1.165) is 31.5 Å². The Morgan fingerprint density at radius 3 is 2.60 bits per heavy atom. The van der Waals surface area contributed by atoms with E-state index in [1.807, 2.05) is 17.9 Å². The minimum Gasteiger partial charge on any atom is -0.357 e. The Kier molecular flexibility index (Phi) is 9.77. The van der Waals surface area contributed by atoms with E-state index in [2.05, 4.69) is 15.6 Å². The minimum absolute atomic E-state index is 0. The molecule has 1 saturated heterocycles. The third-order valence-corrected chi connectivity index (χ3v) is 4.12. The minimum atomic E-state index is -0.221. The molecule has 0 aliphatic carbocycles. The van der Waals surface area contributed by atoms with Crippen LogP contribution in [0.25, 0.3) is 0 Å². The number of carbonyl (C=O) groups is 1. The summed E-state index contributed by atoms with van der Waals surface area (Å²) in [6.45, 7) is 6.69. The van der Waals surface area contributed by atoms with Gasteiger partial charge in [0.1, 0.15) is 5.82 Å². The summed E-state index contributed by atoms with van der Waals surface area (Å²) < 4.78 is 13.6. The Labute approximate surface area is 166 Å². The standard InChI is InChI=1S/C18H27FN4O.HI/c1-3-20-18(21-12-15-8-7-14(2)16(19)11-15)22-13-17(24)23-9-5-4-6-10-23;/h7-8,11H,3-6,9-10,12-13H2,1-2H3,(H2,20,21,22);1H. The van der Waals surface area contributed by atoms with Gasteiger partial charge in [-0.05, 0) is 50.3 Å². The summed E-state index contributed by atoms with van der Waals surface area (Å²) >= 11 is 0. The first kappa shape index (κ1) is 21.7. The maximum Gasteiger partial charge on any atom is 0.241 e. The number of nitrogens with zero attached hydrogens (tertiary/aromatic N) is 2. The first-order chi connectivity index (χ1) is 11.6. The lowest BCUT2D eigenvalue weighted by Crippen LogP contribution is -2.46. The highest BCUT2D eigenvalue weighted by Crippen LogP contribution is 2.10. The number of halogens is 2. The van der Waals surface area contributed by atoms with Crippen molar-refractivity contribution in [3.63, 3.8) is 0 Å². The van der Waals surface area contributed by atoms with Crippen molar-refractivity contribution in [1.82, 2.24) is 15.5 Å². The average Bonchev–Trinajstić information content (AvgIpc) is 2.60. The molecule has 1 aromatic rings. The molecule has 140 valence electrons. The average molecular weight is 462 g/mol. The van der Waals surface area contributed by atoms with Crippen LogP contribution in [0.1, 0.15) is 37.3 Å². The number of hydrogen-bond donors (Lipinski definition) is 2. The molecule has 5 nitrogen and oxygen atoms in total. The van der Waals surface area contributed by atoms with E-state index in [-0.39, 0.29) is 42.2 Å². The monoisotopic (exact) mass is 462 g/mol. The number of carbonyl (C=O) groups excluding carboxylic acids is 1. The predicted molar refractivity (Wildman–Crippen MR) is 110 cm³/mol. The molecule has 7 heteroatoms. The molecule has 1 amide bonds. The van der Waals surface area contributed by atoms with Crippen LogP contribution in [0.4, 0.5) is 4.39 Å². The topological polar surface area (TPSA) is 56.7 Å². The fourth-order valence-electron chi connectivity index (χ4n) is 2.66. The number of amides is 1. The van der Waals surface area contributed by atoms with Gasteiger partial charge in [0.2, 0.25) is 5.91 Å². The molecule has 1 aliphatic rings. The molecule has 0 radical (unpaired) electrons. The molecule has 0 unspecified atom stereocenters. The third-order valence-electron chi connectivity index (χ3n) is 4.12. The van der Waals surface area contributed by atoms with Crippen molar-refractivity contribution >= 4 is 35.8 Å². The summed E-state index contributed by atoms with van der Waals surface area (Å²) in [5.41, 5.74) is 1.43. The number of nitrogens with one attached hydrogen (secondary N) is 2. The van der Waals surface area contributed by atoms with Gasteiger partial charge >= 0.3 is 0 Å². The van der Waals surface area contributed by atoms with Crippen LogP contribution >= 0.6 is 24.0 Å². The first-order valence-electron chi connectivity index (χ1n) is 8.65. The van der Waals surface area contributed by atoms with Crippen molar-refractivity contribution in [3.05, 3.63) is 35.1 Å². The highest BCUT2D eigenvalue weighted by molar-refractivity contribution is 14.0. The number of guanidine groups is 1. The molecular weight excluding hydrogens is 434 g/mol. The van der Waals surface area contributed by atoms with Crippen molar-refractivity contribution < 1.29 is 9.18 Å². The molecule has 2 rings (SSSR count). The number of hydrogen-bond acceptors (Lipinski definition) is 2. The van der Waals surface area contributed by atoms with E-state index in [1.165, 1.54) is 12.5 Å². The van der Waals surface area contributed by atoms with E-state index in [4.69, 9.17) is 0 Å². The molecular formula is C18H28FIN4O. The van der Waals surface area contributed by atoms with Crippen LogP contribution in [-0.4, -0.2) is 42.9 Å². The smallest absolute Gasteiger partial charge is 0.241 e. The van der Waals surface area contributed by atoms with Crippen molar-refractivity contribution in [2.45, 2.75) is 39.7 Å².